The maximum atomic E-state index is 9.21. The number of likely N-dealkylation sites (tertiary alicyclic amines) is 1. The van der Waals surface area contributed by atoms with E-state index in [1.165, 1.54) is 22.6 Å². The van der Waals surface area contributed by atoms with E-state index in [1.807, 2.05) is 29.5 Å². The average Bonchev–Trinajstić information content (AvgIpc) is 3.08. The van der Waals surface area contributed by atoms with Crippen molar-refractivity contribution in [3.05, 3.63) is 57.3 Å². The Kier molecular flexibility index (Phi) is 3.86. The minimum absolute atomic E-state index is 0.528. The molecule has 2 nitrogen and oxygen atoms in total. The number of aryl methyl sites for hydroxylation is 1. The van der Waals surface area contributed by atoms with Gasteiger partial charge in [0.05, 0.1) is 11.6 Å². The van der Waals surface area contributed by atoms with E-state index >= 15 is 0 Å². The fourth-order valence-electron chi connectivity index (χ4n) is 2.96. The van der Waals surface area contributed by atoms with Gasteiger partial charge in [0, 0.05) is 22.3 Å². The molecule has 1 fully saturated rings. The summed E-state index contributed by atoms with van der Waals surface area (Å²) in [6, 6.07) is 15.3. The molecule has 0 radical (unpaired) electrons. The molecule has 1 saturated heterocycles. The summed E-state index contributed by atoms with van der Waals surface area (Å²) in [4.78, 5) is 5.36. The molecule has 1 aromatic carbocycles. The smallest absolute Gasteiger partial charge is 0.0995 e. The molecule has 3 rings (SSSR count). The summed E-state index contributed by atoms with van der Waals surface area (Å²) < 4.78 is 0. The van der Waals surface area contributed by atoms with Crippen molar-refractivity contribution >= 4 is 11.3 Å². The Morgan fingerprint density at radius 1 is 1.30 bits per heavy atom. The lowest BCUT2D eigenvalue weighted by Crippen LogP contribution is -2.22. The first-order valence-corrected chi connectivity index (χ1v) is 7.88. The molecule has 1 unspecified atom stereocenters. The number of nitrogens with zero attached hydrogens (tertiary/aromatic N) is 2. The zero-order valence-electron chi connectivity index (χ0n) is 11.7. The molecule has 0 saturated carbocycles. The second-order valence-electron chi connectivity index (χ2n) is 5.35. The summed E-state index contributed by atoms with van der Waals surface area (Å²) in [6.45, 7) is 4.17. The Morgan fingerprint density at radius 3 is 2.90 bits per heavy atom. The third-order valence-electron chi connectivity index (χ3n) is 3.96. The van der Waals surface area contributed by atoms with Crippen molar-refractivity contribution in [1.29, 1.82) is 5.26 Å². The molecule has 20 heavy (non-hydrogen) atoms. The van der Waals surface area contributed by atoms with Gasteiger partial charge in [0.1, 0.15) is 0 Å². The van der Waals surface area contributed by atoms with Crippen LogP contribution in [0.25, 0.3) is 0 Å². The van der Waals surface area contributed by atoms with Gasteiger partial charge in [-0.25, -0.2) is 0 Å². The van der Waals surface area contributed by atoms with Crippen molar-refractivity contribution < 1.29 is 0 Å². The van der Waals surface area contributed by atoms with Crippen molar-refractivity contribution in [2.75, 3.05) is 6.54 Å². The first-order valence-electron chi connectivity index (χ1n) is 7.06. The summed E-state index contributed by atoms with van der Waals surface area (Å²) in [6.07, 6.45) is 2.48. The topological polar surface area (TPSA) is 27.0 Å². The van der Waals surface area contributed by atoms with Gasteiger partial charge in [0.2, 0.25) is 0 Å². The number of thiophene rings is 1. The van der Waals surface area contributed by atoms with Gasteiger partial charge < -0.3 is 0 Å². The van der Waals surface area contributed by atoms with E-state index < -0.39 is 0 Å². The fraction of sp³-hybridized carbons (Fsp3) is 0.353. The Balaban J connectivity index is 1.81. The summed E-state index contributed by atoms with van der Waals surface area (Å²) in [5, 5.41) is 9.21. The number of nitriles is 1. The van der Waals surface area contributed by atoms with Gasteiger partial charge in [-0.2, -0.15) is 5.26 Å². The zero-order valence-corrected chi connectivity index (χ0v) is 12.5. The van der Waals surface area contributed by atoms with Gasteiger partial charge in [-0.15, -0.1) is 11.3 Å². The molecule has 0 spiro atoms. The average molecular weight is 282 g/mol. The highest BCUT2D eigenvalue weighted by Gasteiger charge is 2.27. The number of benzene rings is 1. The summed E-state index contributed by atoms with van der Waals surface area (Å²) in [7, 11) is 0. The molecule has 1 atom stereocenters. The van der Waals surface area contributed by atoms with Gasteiger partial charge >= 0.3 is 0 Å². The van der Waals surface area contributed by atoms with E-state index in [9.17, 15) is 5.26 Å². The lowest BCUT2D eigenvalue weighted by molar-refractivity contribution is 0.251. The molecule has 1 aliphatic rings. The van der Waals surface area contributed by atoms with Gasteiger partial charge in [-0.3, -0.25) is 4.90 Å². The van der Waals surface area contributed by atoms with Gasteiger partial charge in [0.15, 0.2) is 0 Å². The van der Waals surface area contributed by atoms with Crippen LogP contribution in [0.5, 0.6) is 0 Å². The van der Waals surface area contributed by atoms with E-state index in [1.54, 1.807) is 0 Å². The highest BCUT2D eigenvalue weighted by molar-refractivity contribution is 7.12. The highest BCUT2D eigenvalue weighted by Crippen LogP contribution is 2.36. The van der Waals surface area contributed by atoms with Crippen LogP contribution in [0, 0.1) is 18.3 Å². The van der Waals surface area contributed by atoms with Crippen molar-refractivity contribution in [2.45, 2.75) is 32.4 Å². The first kappa shape index (κ1) is 13.4. The molecule has 0 aliphatic carbocycles. The quantitative estimate of drug-likeness (QED) is 0.840. The number of hydrogen-bond acceptors (Lipinski definition) is 3. The molecule has 2 heterocycles. The molecule has 0 bridgehead atoms. The third kappa shape index (κ3) is 2.63. The Hall–Kier alpha value is -1.63. The predicted molar refractivity (Wildman–Crippen MR) is 82.6 cm³/mol. The van der Waals surface area contributed by atoms with Gasteiger partial charge in [-0.1, -0.05) is 18.2 Å². The van der Waals surface area contributed by atoms with Crippen LogP contribution in [0.1, 0.15) is 39.8 Å². The van der Waals surface area contributed by atoms with Crippen LogP contribution >= 0.6 is 11.3 Å². The maximum Gasteiger partial charge on any atom is 0.0995 e. The monoisotopic (exact) mass is 282 g/mol. The lowest BCUT2D eigenvalue weighted by atomic mass is 10.1. The Morgan fingerprint density at radius 2 is 2.15 bits per heavy atom. The number of rotatable bonds is 3. The molecule has 0 amide bonds. The fourth-order valence-corrected chi connectivity index (χ4v) is 4.00. The van der Waals surface area contributed by atoms with Crippen LogP contribution in [-0.4, -0.2) is 11.4 Å². The van der Waals surface area contributed by atoms with Crippen LogP contribution in [-0.2, 0) is 6.54 Å². The molecule has 3 heteroatoms. The summed E-state index contributed by atoms with van der Waals surface area (Å²) in [5.74, 6) is 0. The van der Waals surface area contributed by atoms with Crippen LogP contribution < -0.4 is 0 Å². The molecule has 1 aliphatic heterocycles. The first-order chi connectivity index (χ1) is 9.78. The van der Waals surface area contributed by atoms with Crippen LogP contribution in [0.2, 0.25) is 0 Å². The molecule has 2 aromatic rings. The van der Waals surface area contributed by atoms with Gasteiger partial charge in [-0.05, 0) is 50.1 Å². The van der Waals surface area contributed by atoms with E-state index in [2.05, 4.69) is 36.1 Å². The third-order valence-corrected chi connectivity index (χ3v) is 5.07. The Bertz CT molecular complexity index is 638. The molecule has 102 valence electrons. The second kappa shape index (κ2) is 5.78. The minimum Gasteiger partial charge on any atom is -0.291 e. The van der Waals surface area contributed by atoms with Gasteiger partial charge in [0.25, 0.3) is 0 Å². The maximum absolute atomic E-state index is 9.21. The normalized spacial score (nSPS) is 19.1. The van der Waals surface area contributed by atoms with Crippen molar-refractivity contribution in [3.63, 3.8) is 0 Å². The zero-order chi connectivity index (χ0) is 13.9. The molecular weight excluding hydrogens is 264 g/mol. The standard InChI is InChI=1S/C17H18N2S/c1-13-8-9-17(20-13)16-7-4-10-19(16)12-15-6-3-2-5-14(15)11-18/h2-3,5-6,8-9,16H,4,7,10,12H2,1H3. The van der Waals surface area contributed by atoms with Crippen molar-refractivity contribution in [2.24, 2.45) is 0 Å². The summed E-state index contributed by atoms with van der Waals surface area (Å²) in [5.41, 5.74) is 1.95. The van der Waals surface area contributed by atoms with E-state index in [4.69, 9.17) is 0 Å². The molecule has 1 aromatic heterocycles. The molecule has 0 N–H and O–H groups in total. The Labute approximate surface area is 124 Å². The van der Waals surface area contributed by atoms with Crippen LogP contribution in [0.15, 0.2) is 36.4 Å². The largest absolute Gasteiger partial charge is 0.291 e. The highest BCUT2D eigenvalue weighted by atomic mass is 32.1. The molecular formula is C17H18N2S. The van der Waals surface area contributed by atoms with E-state index in [-0.39, 0.29) is 0 Å². The van der Waals surface area contributed by atoms with Crippen molar-refractivity contribution in [3.8, 4) is 6.07 Å². The van der Waals surface area contributed by atoms with Crippen molar-refractivity contribution in [1.82, 2.24) is 4.90 Å². The van der Waals surface area contributed by atoms with Crippen LogP contribution in [0.3, 0.4) is 0 Å². The van der Waals surface area contributed by atoms with Crippen LogP contribution in [0.4, 0.5) is 0 Å². The minimum atomic E-state index is 0.528. The SMILES string of the molecule is Cc1ccc(C2CCCN2Cc2ccccc2C#N)s1. The second-order valence-corrected chi connectivity index (χ2v) is 6.67. The van der Waals surface area contributed by atoms with E-state index in [0.717, 1.165) is 24.2 Å². The van der Waals surface area contributed by atoms with E-state index in [0.29, 0.717) is 6.04 Å². The number of hydrogen-bond donors (Lipinski definition) is 0. The lowest BCUT2D eigenvalue weighted by Gasteiger charge is -2.24. The predicted octanol–water partition coefficient (Wildman–Crippen LogP) is 4.27. The summed E-state index contributed by atoms with van der Waals surface area (Å²) >= 11 is 1.90.